The van der Waals surface area contributed by atoms with Crippen LogP contribution in [-0.4, -0.2) is 9.97 Å². The summed E-state index contributed by atoms with van der Waals surface area (Å²) in [5.41, 5.74) is 3.52. The van der Waals surface area contributed by atoms with E-state index in [0.717, 1.165) is 5.52 Å². The van der Waals surface area contributed by atoms with Crippen LogP contribution in [0.15, 0.2) is 22.9 Å². The van der Waals surface area contributed by atoms with Gasteiger partial charge < -0.3 is 0 Å². The molecule has 1 heterocycles. The summed E-state index contributed by atoms with van der Waals surface area (Å²) in [6.45, 7) is 2.10. The van der Waals surface area contributed by atoms with Gasteiger partial charge in [-0.15, -0.1) is 0 Å². The highest BCUT2D eigenvalue weighted by Crippen LogP contribution is 2.42. The van der Waals surface area contributed by atoms with E-state index in [0.29, 0.717) is 10.7 Å². The van der Waals surface area contributed by atoms with Crippen LogP contribution >= 0.6 is 15.9 Å². The number of fused-ring (bicyclic) bond motifs is 1. The summed E-state index contributed by atoms with van der Waals surface area (Å²) < 4.78 is 0.714. The molecule has 0 radical (unpaired) electrons. The third-order valence-electron chi connectivity index (χ3n) is 2.89. The highest BCUT2D eigenvalue weighted by Gasteiger charge is 2.27. The van der Waals surface area contributed by atoms with E-state index >= 15 is 0 Å². The zero-order valence-corrected chi connectivity index (χ0v) is 10.1. The fraction of sp³-hybridized carbons (Fsp3) is 0.333. The summed E-state index contributed by atoms with van der Waals surface area (Å²) in [5, 5.41) is 1.22. The third kappa shape index (κ3) is 1.55. The first kappa shape index (κ1) is 9.28. The number of nitrogens with zero attached hydrogens (tertiary/aromatic N) is 2. The van der Waals surface area contributed by atoms with Crippen LogP contribution in [0, 0.1) is 6.92 Å². The zero-order valence-electron chi connectivity index (χ0n) is 8.50. The average Bonchev–Trinajstić information content (AvgIpc) is 3.02. The molecule has 3 rings (SSSR count). The molecule has 1 aliphatic carbocycles. The molecule has 2 aromatic rings. The Morgan fingerprint density at radius 1 is 1.27 bits per heavy atom. The lowest BCUT2D eigenvalue weighted by atomic mass is 10.1. The highest BCUT2D eigenvalue weighted by atomic mass is 79.9. The largest absolute Gasteiger partial charge is 0.226 e. The number of rotatable bonds is 1. The molecule has 1 aromatic heterocycles. The zero-order chi connectivity index (χ0) is 10.4. The lowest BCUT2D eigenvalue weighted by Crippen LogP contribution is -1.95. The maximum atomic E-state index is 4.51. The molecule has 1 saturated carbocycles. The van der Waals surface area contributed by atoms with Crippen molar-refractivity contribution < 1.29 is 0 Å². The van der Waals surface area contributed by atoms with Crippen LogP contribution in [0.3, 0.4) is 0 Å². The van der Waals surface area contributed by atoms with Crippen LogP contribution in [0.1, 0.15) is 30.0 Å². The summed E-state index contributed by atoms with van der Waals surface area (Å²) in [6.07, 6.45) is 2.54. The van der Waals surface area contributed by atoms with Crippen LogP contribution < -0.4 is 0 Å². The van der Waals surface area contributed by atoms with E-state index in [4.69, 9.17) is 0 Å². The smallest absolute Gasteiger partial charge is 0.197 e. The van der Waals surface area contributed by atoms with Gasteiger partial charge >= 0.3 is 0 Å². The maximum absolute atomic E-state index is 4.51. The number of hydrogen-bond donors (Lipinski definition) is 0. The first-order chi connectivity index (χ1) is 7.25. The molecule has 0 N–H and O–H groups in total. The van der Waals surface area contributed by atoms with Crippen LogP contribution in [0.4, 0.5) is 0 Å². The molecule has 0 spiro atoms. The molecule has 0 amide bonds. The first-order valence-corrected chi connectivity index (χ1v) is 5.98. The van der Waals surface area contributed by atoms with Gasteiger partial charge in [0.05, 0.1) is 11.2 Å². The molecule has 0 atom stereocenters. The van der Waals surface area contributed by atoms with Gasteiger partial charge in [0.1, 0.15) is 0 Å². The molecule has 0 aliphatic heterocycles. The molecular formula is C12H11BrN2. The number of aromatic nitrogens is 2. The molecule has 1 aliphatic rings. The van der Waals surface area contributed by atoms with Crippen molar-refractivity contribution in [2.45, 2.75) is 25.7 Å². The Hall–Kier alpha value is -0.960. The van der Waals surface area contributed by atoms with Crippen LogP contribution in [0.2, 0.25) is 0 Å². The molecular weight excluding hydrogens is 252 g/mol. The fourth-order valence-corrected chi connectivity index (χ4v) is 2.33. The summed E-state index contributed by atoms with van der Waals surface area (Å²) in [6, 6.07) is 6.31. The molecule has 0 bridgehead atoms. The normalized spacial score (nSPS) is 15.9. The predicted octanol–water partition coefficient (Wildman–Crippen LogP) is 3.58. The van der Waals surface area contributed by atoms with E-state index in [1.165, 1.54) is 29.5 Å². The fourth-order valence-electron chi connectivity index (χ4n) is 1.96. The SMILES string of the molecule is Cc1cccc2c(C3CC3)nc(Br)nc12. The number of para-hydroxylation sites is 1. The number of halogens is 1. The minimum absolute atomic E-state index is 0.661. The second kappa shape index (κ2) is 3.27. The summed E-state index contributed by atoms with van der Waals surface area (Å²) >= 11 is 3.39. The molecule has 76 valence electrons. The van der Waals surface area contributed by atoms with Crippen LogP contribution in [0.5, 0.6) is 0 Å². The average molecular weight is 263 g/mol. The molecule has 1 fully saturated rings. The van der Waals surface area contributed by atoms with E-state index in [1.807, 2.05) is 0 Å². The number of hydrogen-bond acceptors (Lipinski definition) is 2. The van der Waals surface area contributed by atoms with Crippen molar-refractivity contribution >= 4 is 26.8 Å². The Labute approximate surface area is 96.9 Å². The van der Waals surface area contributed by atoms with Gasteiger partial charge in [0, 0.05) is 11.3 Å². The van der Waals surface area contributed by atoms with Crippen molar-refractivity contribution in [3.8, 4) is 0 Å². The van der Waals surface area contributed by atoms with Gasteiger partial charge in [0.2, 0.25) is 0 Å². The molecule has 15 heavy (non-hydrogen) atoms. The summed E-state index contributed by atoms with van der Waals surface area (Å²) in [5.74, 6) is 0.661. The molecule has 0 unspecified atom stereocenters. The van der Waals surface area contributed by atoms with Crippen molar-refractivity contribution in [1.29, 1.82) is 0 Å². The van der Waals surface area contributed by atoms with E-state index in [-0.39, 0.29) is 0 Å². The highest BCUT2D eigenvalue weighted by molar-refractivity contribution is 9.10. The van der Waals surface area contributed by atoms with Gasteiger partial charge in [-0.25, -0.2) is 9.97 Å². The Morgan fingerprint density at radius 2 is 2.07 bits per heavy atom. The van der Waals surface area contributed by atoms with Gasteiger partial charge in [-0.2, -0.15) is 0 Å². The Kier molecular flexibility index (Phi) is 2.02. The van der Waals surface area contributed by atoms with E-state index < -0.39 is 0 Å². The summed E-state index contributed by atoms with van der Waals surface area (Å²) in [7, 11) is 0. The van der Waals surface area contributed by atoms with Crippen molar-refractivity contribution in [2.75, 3.05) is 0 Å². The van der Waals surface area contributed by atoms with Crippen LogP contribution in [0.25, 0.3) is 10.9 Å². The third-order valence-corrected chi connectivity index (χ3v) is 3.25. The van der Waals surface area contributed by atoms with E-state index in [1.54, 1.807) is 0 Å². The molecule has 1 aromatic carbocycles. The van der Waals surface area contributed by atoms with Gasteiger partial charge in [0.15, 0.2) is 4.73 Å². The molecule has 3 heteroatoms. The minimum Gasteiger partial charge on any atom is -0.226 e. The monoisotopic (exact) mass is 262 g/mol. The number of benzene rings is 1. The van der Waals surface area contributed by atoms with Gasteiger partial charge in [0.25, 0.3) is 0 Å². The van der Waals surface area contributed by atoms with Crippen molar-refractivity contribution in [2.24, 2.45) is 0 Å². The minimum atomic E-state index is 0.661. The summed E-state index contributed by atoms with van der Waals surface area (Å²) in [4.78, 5) is 8.96. The predicted molar refractivity (Wildman–Crippen MR) is 64.0 cm³/mol. The Balaban J connectivity index is 2.38. The Morgan fingerprint density at radius 3 is 2.80 bits per heavy atom. The van der Waals surface area contributed by atoms with Gasteiger partial charge in [-0.1, -0.05) is 18.2 Å². The van der Waals surface area contributed by atoms with E-state index in [2.05, 4.69) is 51.0 Å². The quantitative estimate of drug-likeness (QED) is 0.735. The topological polar surface area (TPSA) is 25.8 Å². The Bertz CT molecular complexity index is 532. The van der Waals surface area contributed by atoms with Gasteiger partial charge in [-0.05, 0) is 41.3 Å². The molecule has 0 saturated heterocycles. The van der Waals surface area contributed by atoms with Crippen LogP contribution in [-0.2, 0) is 0 Å². The van der Waals surface area contributed by atoms with Crippen molar-refractivity contribution in [3.63, 3.8) is 0 Å². The van der Waals surface area contributed by atoms with Crippen molar-refractivity contribution in [3.05, 3.63) is 34.2 Å². The van der Waals surface area contributed by atoms with Gasteiger partial charge in [-0.3, -0.25) is 0 Å². The lowest BCUT2D eigenvalue weighted by Gasteiger charge is -2.06. The van der Waals surface area contributed by atoms with E-state index in [9.17, 15) is 0 Å². The second-order valence-electron chi connectivity index (χ2n) is 4.12. The standard InChI is InChI=1S/C12H11BrN2/c1-7-3-2-4-9-10(7)14-12(13)15-11(9)8-5-6-8/h2-4,8H,5-6H2,1H3. The van der Waals surface area contributed by atoms with Crippen molar-refractivity contribution in [1.82, 2.24) is 9.97 Å². The first-order valence-electron chi connectivity index (χ1n) is 5.18. The maximum Gasteiger partial charge on any atom is 0.197 e. The molecule has 2 nitrogen and oxygen atoms in total. The second-order valence-corrected chi connectivity index (χ2v) is 4.83. The number of aryl methyl sites for hydroxylation is 1. The lowest BCUT2D eigenvalue weighted by molar-refractivity contribution is 0.994.